The van der Waals surface area contributed by atoms with Gasteiger partial charge in [-0.25, -0.2) is 0 Å². The van der Waals surface area contributed by atoms with E-state index in [9.17, 15) is 33.9 Å². The van der Waals surface area contributed by atoms with Gasteiger partial charge in [0.15, 0.2) is 5.78 Å². The predicted molar refractivity (Wildman–Crippen MR) is 208 cm³/mol. The molecule has 6 rings (SSSR count). The largest absolute Gasteiger partial charge is 0.507 e. The van der Waals surface area contributed by atoms with Gasteiger partial charge in [0.05, 0.1) is 25.5 Å². The van der Waals surface area contributed by atoms with E-state index in [1.54, 1.807) is 60.7 Å². The van der Waals surface area contributed by atoms with E-state index >= 15 is 0 Å². The smallest absolute Gasteiger partial charge is 0.251 e. The van der Waals surface area contributed by atoms with Gasteiger partial charge in [-0.15, -0.1) is 11.6 Å². The predicted octanol–water partition coefficient (Wildman–Crippen LogP) is 4.27. The minimum absolute atomic E-state index is 0.0183. The summed E-state index contributed by atoms with van der Waals surface area (Å²) >= 11 is 11.6. The fourth-order valence-electron chi connectivity index (χ4n) is 6.50. The van der Waals surface area contributed by atoms with Gasteiger partial charge in [0.2, 0.25) is 23.6 Å². The van der Waals surface area contributed by atoms with Gasteiger partial charge in [0.25, 0.3) is 5.91 Å². The number of nitrogens with one attached hydrogen (secondary N) is 4. The van der Waals surface area contributed by atoms with Gasteiger partial charge in [-0.2, -0.15) is 0 Å². The molecule has 4 aromatic carbocycles. The number of Topliss-reactive ketones (excluding diaryl/α,β-unsaturated/α-hetero) is 1. The number of alkyl halides is 1. The lowest BCUT2D eigenvalue weighted by atomic mass is 9.90. The van der Waals surface area contributed by atoms with E-state index in [1.165, 1.54) is 18.0 Å². The van der Waals surface area contributed by atoms with Crippen LogP contribution in [0.15, 0.2) is 84.9 Å². The van der Waals surface area contributed by atoms with E-state index < -0.39 is 60.5 Å². The number of rotatable bonds is 10. The second-order valence-corrected chi connectivity index (χ2v) is 14.3. The Bertz CT molecular complexity index is 2140. The lowest BCUT2D eigenvalue weighted by molar-refractivity contribution is -0.139. The van der Waals surface area contributed by atoms with Crippen LogP contribution in [0.1, 0.15) is 51.8 Å². The molecule has 0 aromatic heterocycles. The molecule has 0 radical (unpaired) electrons. The van der Waals surface area contributed by atoms with Gasteiger partial charge in [-0.1, -0.05) is 54.1 Å². The molecule has 1 heterocycles. The average molecular weight is 785 g/mol. The Morgan fingerprint density at radius 3 is 2.22 bits per heavy atom. The maximum Gasteiger partial charge on any atom is 0.251 e. The molecular formula is C41H39Cl2N5O7. The molecule has 0 spiro atoms. The minimum atomic E-state index is -1.25. The van der Waals surface area contributed by atoms with E-state index in [4.69, 9.17) is 23.2 Å². The van der Waals surface area contributed by atoms with Crippen LogP contribution in [0.4, 0.5) is 0 Å². The molecule has 55 heavy (non-hydrogen) atoms. The van der Waals surface area contributed by atoms with Gasteiger partial charge >= 0.3 is 0 Å². The number of nitrogens with zero attached hydrogens (tertiary/aromatic N) is 1. The first-order chi connectivity index (χ1) is 26.4. The molecule has 4 aromatic rings. The van der Waals surface area contributed by atoms with Crippen LogP contribution in [0.25, 0.3) is 22.3 Å². The van der Waals surface area contributed by atoms with Crippen molar-refractivity contribution in [1.82, 2.24) is 26.2 Å². The molecule has 5 N–H and O–H groups in total. The van der Waals surface area contributed by atoms with Gasteiger partial charge in [0.1, 0.15) is 17.8 Å². The van der Waals surface area contributed by atoms with E-state index in [-0.39, 0.29) is 30.5 Å². The van der Waals surface area contributed by atoms with Crippen LogP contribution in [0.3, 0.4) is 0 Å². The maximum atomic E-state index is 14.0. The molecule has 14 heteroatoms. The highest BCUT2D eigenvalue weighted by atomic mass is 35.5. The standard InChI is InChI=1S/C41H39Cl2N5O7/c1-48(37(52)22-46-39(53)27-7-3-24(4-8-27)25-9-12-29(43)13-10-25)38-28-11-14-31(26-5-6-26)32(18-28)33-16-23(2-15-35(33)50)17-34(40(54)44-20-30(49)19-42)47-36(51)21-45-41(38)55/h2-4,7-16,18,26,34,38,50H,5-6,17,19-22H2,1H3,(H,44,54)(H,45,55)(H,46,53)(H,47,51). The Kier molecular flexibility index (Phi) is 12.2. The topological polar surface area (TPSA) is 174 Å². The van der Waals surface area contributed by atoms with Crippen molar-refractivity contribution in [1.29, 1.82) is 0 Å². The molecule has 1 aliphatic carbocycles. The normalized spacial score (nSPS) is 16.9. The van der Waals surface area contributed by atoms with Crippen LogP contribution in [0.5, 0.6) is 5.75 Å². The van der Waals surface area contributed by atoms with Crippen LogP contribution < -0.4 is 21.3 Å². The maximum absolute atomic E-state index is 14.0. The molecule has 0 saturated heterocycles. The summed E-state index contributed by atoms with van der Waals surface area (Å²) in [6.07, 6.45) is 1.90. The summed E-state index contributed by atoms with van der Waals surface area (Å²) in [6, 6.07) is 22.0. The van der Waals surface area contributed by atoms with E-state index in [2.05, 4.69) is 21.3 Å². The zero-order valence-electron chi connectivity index (χ0n) is 29.9. The third-order valence-electron chi connectivity index (χ3n) is 9.64. The number of carbonyl (C=O) groups excluding carboxylic acids is 6. The quantitative estimate of drug-likeness (QED) is 0.150. The molecule has 1 aliphatic heterocycles. The third kappa shape index (κ3) is 9.51. The SMILES string of the molecule is CN(C(=O)CNC(=O)c1ccc(-c2ccc(Cl)cc2)cc1)C1C(=O)NCC(=O)NC(C(=O)NCC(=O)CCl)Cc2ccc(O)c(c2)-c2cc1ccc2C1CC1. The Morgan fingerprint density at radius 1 is 0.855 bits per heavy atom. The van der Waals surface area contributed by atoms with Gasteiger partial charge < -0.3 is 31.3 Å². The Labute approximate surface area is 327 Å². The van der Waals surface area contributed by atoms with Crippen molar-refractivity contribution >= 4 is 58.5 Å². The first kappa shape index (κ1) is 39.0. The fourth-order valence-corrected chi connectivity index (χ4v) is 6.72. The molecule has 12 nitrogen and oxygen atoms in total. The molecule has 284 valence electrons. The molecule has 1 saturated carbocycles. The van der Waals surface area contributed by atoms with Gasteiger partial charge in [-0.05, 0) is 94.6 Å². The zero-order valence-corrected chi connectivity index (χ0v) is 31.4. The van der Waals surface area contributed by atoms with Crippen LogP contribution in [0.2, 0.25) is 5.02 Å². The van der Waals surface area contributed by atoms with Gasteiger partial charge in [-0.3, -0.25) is 28.8 Å². The summed E-state index contributed by atoms with van der Waals surface area (Å²) in [5, 5.41) is 22.1. The van der Waals surface area contributed by atoms with Crippen LogP contribution in [-0.2, 0) is 30.4 Å². The number of amides is 5. The molecular weight excluding hydrogens is 745 g/mol. The molecule has 2 atom stereocenters. The number of carbonyl (C=O) groups is 6. The van der Waals surface area contributed by atoms with Crippen molar-refractivity contribution < 1.29 is 33.9 Å². The van der Waals surface area contributed by atoms with E-state index in [0.717, 1.165) is 29.5 Å². The number of hydrogen-bond acceptors (Lipinski definition) is 7. The number of benzene rings is 4. The number of ketones is 1. The van der Waals surface area contributed by atoms with Crippen molar-refractivity contribution in [2.45, 2.75) is 37.3 Å². The van der Waals surface area contributed by atoms with Crippen molar-refractivity contribution in [3.8, 4) is 28.0 Å². The second-order valence-electron chi connectivity index (χ2n) is 13.6. The lowest BCUT2D eigenvalue weighted by Gasteiger charge is -2.29. The highest BCUT2D eigenvalue weighted by molar-refractivity contribution is 6.30. The van der Waals surface area contributed by atoms with Crippen molar-refractivity contribution in [2.75, 3.05) is 32.6 Å². The van der Waals surface area contributed by atoms with E-state index in [0.29, 0.717) is 32.8 Å². The van der Waals surface area contributed by atoms with Crippen molar-refractivity contribution in [3.63, 3.8) is 0 Å². The fraction of sp³-hybridized carbons (Fsp3) is 0.268. The van der Waals surface area contributed by atoms with E-state index in [1.807, 2.05) is 18.2 Å². The Balaban J connectivity index is 1.26. The third-order valence-corrected chi connectivity index (χ3v) is 10.2. The number of phenolic OH excluding ortho intramolecular Hbond substituents is 1. The number of hydrogen-bond donors (Lipinski definition) is 5. The number of phenols is 1. The number of halogens is 2. The highest BCUT2D eigenvalue weighted by Crippen LogP contribution is 2.47. The molecule has 2 unspecified atom stereocenters. The summed E-state index contributed by atoms with van der Waals surface area (Å²) in [5.41, 5.74) is 5.21. The van der Waals surface area contributed by atoms with Crippen LogP contribution in [-0.4, -0.2) is 83.9 Å². The average Bonchev–Trinajstić information content (AvgIpc) is 4.04. The Hall–Kier alpha value is -5.72. The number of aromatic hydroxyl groups is 1. The Morgan fingerprint density at radius 2 is 1.55 bits per heavy atom. The summed E-state index contributed by atoms with van der Waals surface area (Å²) in [4.78, 5) is 80.1. The van der Waals surface area contributed by atoms with Crippen LogP contribution >= 0.6 is 23.2 Å². The van der Waals surface area contributed by atoms with Crippen molar-refractivity contribution in [3.05, 3.63) is 112 Å². The monoisotopic (exact) mass is 783 g/mol. The highest BCUT2D eigenvalue weighted by Gasteiger charge is 2.33. The summed E-state index contributed by atoms with van der Waals surface area (Å²) in [7, 11) is 1.43. The summed E-state index contributed by atoms with van der Waals surface area (Å²) in [6.45, 7) is -1.29. The number of likely N-dealkylation sites (N-methyl/N-ethyl adjacent to an activating group) is 1. The second kappa shape index (κ2) is 17.2. The van der Waals surface area contributed by atoms with Crippen LogP contribution in [0, 0.1) is 0 Å². The first-order valence-corrected chi connectivity index (χ1v) is 18.6. The molecule has 4 bridgehead atoms. The minimum Gasteiger partial charge on any atom is -0.507 e. The molecule has 5 amide bonds. The van der Waals surface area contributed by atoms with Crippen molar-refractivity contribution in [2.24, 2.45) is 0 Å². The zero-order chi connectivity index (χ0) is 39.2. The summed E-state index contributed by atoms with van der Waals surface area (Å²) < 4.78 is 0. The summed E-state index contributed by atoms with van der Waals surface area (Å²) in [5.74, 6) is -3.62. The first-order valence-electron chi connectivity index (χ1n) is 17.7. The molecule has 1 fully saturated rings. The number of fused-ring (bicyclic) bond motifs is 5. The lowest BCUT2D eigenvalue weighted by Crippen LogP contribution is -2.52. The molecule has 2 aliphatic rings. The van der Waals surface area contributed by atoms with Gasteiger partial charge in [0, 0.05) is 29.6 Å².